The summed E-state index contributed by atoms with van der Waals surface area (Å²) in [5.41, 5.74) is 0.940. The predicted molar refractivity (Wildman–Crippen MR) is 47.8 cm³/mol. The number of rotatable bonds is 2. The van der Waals surface area contributed by atoms with Crippen molar-refractivity contribution in [2.24, 2.45) is 0 Å². The Kier molecular flexibility index (Phi) is 4.29. The van der Waals surface area contributed by atoms with E-state index in [0.29, 0.717) is 17.7 Å². The number of aromatic carboxylic acids is 1. The second kappa shape index (κ2) is 4.72. The van der Waals surface area contributed by atoms with Gasteiger partial charge in [-0.15, -0.1) is 12.4 Å². The number of hydrogen-bond donors (Lipinski definition) is 1. The van der Waals surface area contributed by atoms with E-state index in [-0.39, 0.29) is 12.4 Å². The summed E-state index contributed by atoms with van der Waals surface area (Å²) in [6.45, 7) is 1.88. The summed E-state index contributed by atoms with van der Waals surface area (Å²) in [6, 6.07) is 3.19. The molecule has 0 amide bonds. The minimum Gasteiger partial charge on any atom is -0.478 e. The fourth-order valence-corrected chi connectivity index (χ4v) is 0.914. The number of hydrogen-bond acceptors (Lipinski definition) is 2. The first-order valence-corrected chi connectivity index (χ1v) is 3.43. The van der Waals surface area contributed by atoms with Crippen LogP contribution in [0, 0.1) is 0 Å². The van der Waals surface area contributed by atoms with E-state index in [9.17, 15) is 4.79 Å². The van der Waals surface area contributed by atoms with Crippen molar-refractivity contribution < 1.29 is 9.90 Å². The van der Waals surface area contributed by atoms with Crippen LogP contribution in [0.5, 0.6) is 0 Å². The normalized spacial score (nSPS) is 8.75. The molecule has 0 fully saturated rings. The molecule has 0 radical (unpaired) electrons. The van der Waals surface area contributed by atoms with E-state index >= 15 is 0 Å². The minimum absolute atomic E-state index is 0. The van der Waals surface area contributed by atoms with Gasteiger partial charge in [0, 0.05) is 6.20 Å². The summed E-state index contributed by atoms with van der Waals surface area (Å²) in [7, 11) is 0. The molecular weight excluding hydrogens is 178 g/mol. The van der Waals surface area contributed by atoms with Gasteiger partial charge in [0.15, 0.2) is 0 Å². The van der Waals surface area contributed by atoms with Gasteiger partial charge in [-0.2, -0.15) is 0 Å². The van der Waals surface area contributed by atoms with Crippen molar-refractivity contribution in [2.75, 3.05) is 0 Å². The predicted octanol–water partition coefficient (Wildman–Crippen LogP) is 1.76. The number of carbonyl (C=O) groups is 1. The average Bonchev–Trinajstić information content (AvgIpc) is 2.04. The highest BCUT2D eigenvalue weighted by Crippen LogP contribution is 2.04. The molecule has 0 atom stereocenters. The number of pyridine rings is 1. The first-order valence-electron chi connectivity index (χ1n) is 3.43. The quantitative estimate of drug-likeness (QED) is 0.768. The summed E-state index contributed by atoms with van der Waals surface area (Å²) in [5.74, 6) is -0.907. The third kappa shape index (κ3) is 2.20. The van der Waals surface area contributed by atoms with Gasteiger partial charge in [0.2, 0.25) is 0 Å². The van der Waals surface area contributed by atoms with Crippen molar-refractivity contribution in [1.82, 2.24) is 4.98 Å². The molecule has 1 aromatic rings. The summed E-state index contributed by atoms with van der Waals surface area (Å²) in [5, 5.41) is 8.66. The zero-order chi connectivity index (χ0) is 8.27. The Morgan fingerprint density at radius 1 is 1.67 bits per heavy atom. The van der Waals surface area contributed by atoms with E-state index < -0.39 is 5.97 Å². The number of aromatic nitrogens is 1. The van der Waals surface area contributed by atoms with E-state index in [1.165, 1.54) is 0 Å². The van der Waals surface area contributed by atoms with Crippen LogP contribution in [-0.2, 0) is 6.42 Å². The highest BCUT2D eigenvalue weighted by molar-refractivity contribution is 5.88. The average molecular weight is 188 g/mol. The maximum absolute atomic E-state index is 10.5. The van der Waals surface area contributed by atoms with E-state index in [0.717, 1.165) is 0 Å². The van der Waals surface area contributed by atoms with Gasteiger partial charge >= 0.3 is 5.97 Å². The Bertz CT molecular complexity index is 276. The zero-order valence-corrected chi connectivity index (χ0v) is 7.47. The number of aryl methyl sites for hydroxylation is 1. The van der Waals surface area contributed by atoms with Crippen molar-refractivity contribution >= 4 is 18.4 Å². The first-order chi connectivity index (χ1) is 5.25. The number of halogens is 1. The molecule has 1 N–H and O–H groups in total. The number of carboxylic acid groups (broad SMARTS) is 1. The van der Waals surface area contributed by atoms with Crippen LogP contribution in [0.4, 0.5) is 0 Å². The molecule has 12 heavy (non-hydrogen) atoms. The number of carboxylic acids is 1. The molecule has 0 aromatic carbocycles. The molecule has 0 saturated heterocycles. The SMILES string of the molecule is CCc1ncccc1C(=O)O.Cl. The lowest BCUT2D eigenvalue weighted by molar-refractivity contribution is 0.0695. The van der Waals surface area contributed by atoms with Crippen molar-refractivity contribution in [2.45, 2.75) is 13.3 Å². The van der Waals surface area contributed by atoms with Crippen molar-refractivity contribution in [3.63, 3.8) is 0 Å². The molecular formula is C8H10ClNO2. The molecule has 66 valence electrons. The van der Waals surface area contributed by atoms with Crippen LogP contribution >= 0.6 is 12.4 Å². The summed E-state index contributed by atoms with van der Waals surface area (Å²) < 4.78 is 0. The topological polar surface area (TPSA) is 50.2 Å². The summed E-state index contributed by atoms with van der Waals surface area (Å²) in [6.07, 6.45) is 2.26. The Balaban J connectivity index is 0.00000121. The lowest BCUT2D eigenvalue weighted by Gasteiger charge is -1.99. The Hall–Kier alpha value is -1.09. The smallest absolute Gasteiger partial charge is 0.337 e. The molecule has 0 aliphatic rings. The molecule has 1 aromatic heterocycles. The van der Waals surface area contributed by atoms with Crippen molar-refractivity contribution in [3.8, 4) is 0 Å². The first kappa shape index (κ1) is 10.9. The number of nitrogens with zero attached hydrogens (tertiary/aromatic N) is 1. The molecule has 0 saturated carbocycles. The van der Waals surface area contributed by atoms with Crippen LogP contribution in [-0.4, -0.2) is 16.1 Å². The molecule has 0 unspecified atom stereocenters. The van der Waals surface area contributed by atoms with Gasteiger partial charge in [-0.05, 0) is 18.6 Å². The molecule has 3 nitrogen and oxygen atoms in total. The van der Waals surface area contributed by atoms with Crippen LogP contribution in [0.2, 0.25) is 0 Å². The van der Waals surface area contributed by atoms with E-state index in [2.05, 4.69) is 4.98 Å². The van der Waals surface area contributed by atoms with Crippen molar-refractivity contribution in [3.05, 3.63) is 29.6 Å². The minimum atomic E-state index is -0.907. The summed E-state index contributed by atoms with van der Waals surface area (Å²) in [4.78, 5) is 14.5. The Morgan fingerprint density at radius 3 is 2.75 bits per heavy atom. The third-order valence-electron chi connectivity index (χ3n) is 1.46. The molecule has 1 heterocycles. The molecule has 4 heteroatoms. The lowest BCUT2D eigenvalue weighted by Crippen LogP contribution is -2.02. The fraction of sp³-hybridized carbons (Fsp3) is 0.250. The van der Waals surface area contributed by atoms with Gasteiger partial charge in [0.25, 0.3) is 0 Å². The highest BCUT2D eigenvalue weighted by Gasteiger charge is 2.07. The lowest BCUT2D eigenvalue weighted by atomic mass is 10.1. The second-order valence-electron chi connectivity index (χ2n) is 2.16. The Morgan fingerprint density at radius 2 is 2.33 bits per heavy atom. The van der Waals surface area contributed by atoms with Gasteiger partial charge in [0.05, 0.1) is 11.3 Å². The zero-order valence-electron chi connectivity index (χ0n) is 6.65. The van der Waals surface area contributed by atoms with Crippen LogP contribution in [0.25, 0.3) is 0 Å². The third-order valence-corrected chi connectivity index (χ3v) is 1.46. The molecule has 0 spiro atoms. The Labute approximate surface area is 76.9 Å². The van der Waals surface area contributed by atoms with E-state index in [4.69, 9.17) is 5.11 Å². The van der Waals surface area contributed by atoms with Crippen LogP contribution < -0.4 is 0 Å². The van der Waals surface area contributed by atoms with Crippen LogP contribution in [0.1, 0.15) is 23.0 Å². The summed E-state index contributed by atoms with van der Waals surface area (Å²) >= 11 is 0. The van der Waals surface area contributed by atoms with Crippen LogP contribution in [0.15, 0.2) is 18.3 Å². The van der Waals surface area contributed by atoms with Crippen molar-refractivity contribution in [1.29, 1.82) is 0 Å². The highest BCUT2D eigenvalue weighted by atomic mass is 35.5. The van der Waals surface area contributed by atoms with Gasteiger partial charge in [-0.1, -0.05) is 6.92 Å². The molecule has 0 aliphatic heterocycles. The van der Waals surface area contributed by atoms with Gasteiger partial charge in [-0.25, -0.2) is 4.79 Å². The van der Waals surface area contributed by atoms with Gasteiger partial charge in [-0.3, -0.25) is 4.98 Å². The maximum atomic E-state index is 10.5. The molecule has 0 bridgehead atoms. The van der Waals surface area contributed by atoms with Gasteiger partial charge < -0.3 is 5.11 Å². The maximum Gasteiger partial charge on any atom is 0.337 e. The van der Waals surface area contributed by atoms with E-state index in [1.54, 1.807) is 18.3 Å². The van der Waals surface area contributed by atoms with Crippen LogP contribution in [0.3, 0.4) is 0 Å². The van der Waals surface area contributed by atoms with Gasteiger partial charge in [0.1, 0.15) is 0 Å². The standard InChI is InChI=1S/C8H9NO2.ClH/c1-2-7-6(8(10)11)4-3-5-9-7;/h3-5H,2H2,1H3,(H,10,11);1H. The second-order valence-corrected chi connectivity index (χ2v) is 2.16. The largest absolute Gasteiger partial charge is 0.478 e. The fourth-order valence-electron chi connectivity index (χ4n) is 0.914. The molecule has 0 aliphatic carbocycles. The monoisotopic (exact) mass is 187 g/mol. The molecule has 1 rings (SSSR count). The van der Waals surface area contributed by atoms with E-state index in [1.807, 2.05) is 6.92 Å².